The fourth-order valence-corrected chi connectivity index (χ4v) is 10.9. The van der Waals surface area contributed by atoms with E-state index in [2.05, 4.69) is 42.0 Å². The van der Waals surface area contributed by atoms with Gasteiger partial charge in [-0.15, -0.1) is 0 Å². The van der Waals surface area contributed by atoms with Crippen molar-refractivity contribution >= 4 is 11.9 Å². The Labute approximate surface area is 394 Å². The molecule has 6 heteroatoms. The molecule has 0 amide bonds. The van der Waals surface area contributed by atoms with E-state index in [-0.39, 0.29) is 11.9 Å². The molecule has 2 saturated carbocycles. The summed E-state index contributed by atoms with van der Waals surface area (Å²) in [5.41, 5.74) is 0. The van der Waals surface area contributed by atoms with Crippen LogP contribution in [0.5, 0.6) is 0 Å². The molecule has 2 aliphatic rings. The van der Waals surface area contributed by atoms with Crippen LogP contribution < -0.4 is 0 Å². The molecule has 0 spiro atoms. The first kappa shape index (κ1) is 58.0. The van der Waals surface area contributed by atoms with Gasteiger partial charge >= 0.3 is 11.9 Å². The second kappa shape index (κ2) is 37.9. The largest absolute Gasteiger partial charge is 0.460 e. The molecule has 0 bridgehead atoms. The second-order valence-corrected chi connectivity index (χ2v) is 22.8. The van der Waals surface area contributed by atoms with Crippen LogP contribution in [0.4, 0.5) is 0 Å². The maximum absolute atomic E-state index is 12.8. The molecule has 0 unspecified atom stereocenters. The van der Waals surface area contributed by atoms with E-state index in [1.54, 1.807) is 0 Å². The summed E-state index contributed by atoms with van der Waals surface area (Å²) in [6.45, 7) is 9.87. The summed E-state index contributed by atoms with van der Waals surface area (Å²) in [7, 11) is 9.17. The Morgan fingerprint density at radius 3 is 0.857 bits per heavy atom. The molecule has 0 aromatic carbocycles. The number of carbonyl (C=O) groups is 2. The number of rotatable bonds is 42. The molecule has 0 radical (unpaired) electrons. The predicted molar refractivity (Wildman–Crippen MR) is 271 cm³/mol. The summed E-state index contributed by atoms with van der Waals surface area (Å²) in [5, 5.41) is 0. The van der Waals surface area contributed by atoms with Crippen LogP contribution in [0.15, 0.2) is 0 Å². The fourth-order valence-electron chi connectivity index (χ4n) is 10.9. The molecular formula is C57H112N2O4+2. The van der Waals surface area contributed by atoms with Gasteiger partial charge in [0, 0.05) is 12.8 Å². The van der Waals surface area contributed by atoms with Crippen molar-refractivity contribution in [3.8, 4) is 0 Å². The monoisotopic (exact) mass is 889 g/mol. The van der Waals surface area contributed by atoms with Crippen molar-refractivity contribution in [3.05, 3.63) is 0 Å². The van der Waals surface area contributed by atoms with Gasteiger partial charge in [-0.2, -0.15) is 0 Å². The fraction of sp³-hybridized carbons (Fsp3) is 0.965. The lowest BCUT2D eigenvalue weighted by molar-refractivity contribution is -0.890. The number of nitrogens with zero attached hydrogens (tertiary/aromatic N) is 2. The molecule has 0 heterocycles. The summed E-state index contributed by atoms with van der Waals surface area (Å²) in [6.07, 6.45) is 51.5. The Kier molecular flexibility index (Phi) is 34.9. The van der Waals surface area contributed by atoms with Gasteiger partial charge in [0.25, 0.3) is 0 Å². The van der Waals surface area contributed by atoms with Gasteiger partial charge in [-0.25, -0.2) is 0 Å². The van der Waals surface area contributed by atoms with Crippen LogP contribution in [0.3, 0.4) is 0 Å². The van der Waals surface area contributed by atoms with E-state index in [9.17, 15) is 9.59 Å². The number of hydrogen-bond donors (Lipinski definition) is 0. The zero-order chi connectivity index (χ0) is 45.7. The van der Waals surface area contributed by atoms with Gasteiger partial charge in [-0.05, 0) is 81.5 Å². The van der Waals surface area contributed by atoms with Crippen LogP contribution in [0.2, 0.25) is 0 Å². The number of ether oxygens (including phenoxy) is 2. The summed E-state index contributed by atoms with van der Waals surface area (Å²) < 4.78 is 13.5. The lowest BCUT2D eigenvalue weighted by Gasteiger charge is -2.34. The standard InChI is InChI=1S/C57H112N2O4/c1-7-9-11-13-15-17-19-21-23-25-27-29-31-33-43-58(3,4)45-47-62-56(60)50-54-39-35-52(36-40-54)49-53-37-41-55(42-38-53)51-57(61)63-48-46-59(5,6)44-34-32-30-28-26-24-22-20-18-16-14-12-10-8-2/h52-55H,7-51H2,1-6H3/q+2. The number of esters is 2. The molecule has 372 valence electrons. The SMILES string of the molecule is CCCCCCCCCCCCCCCC[N+](C)(C)CCOC(=O)CC1CCC(CC2CCC(CC(=O)OCC[N+](C)(C)CCCCCCCCCCCCCCCC)CC2)CC1. The number of unbranched alkanes of at least 4 members (excludes halogenated alkanes) is 26. The highest BCUT2D eigenvalue weighted by atomic mass is 16.5. The minimum atomic E-state index is 0.0230. The first-order valence-electron chi connectivity index (χ1n) is 28.5. The normalized spacial score (nSPS) is 19.7. The Morgan fingerprint density at radius 2 is 0.587 bits per heavy atom. The lowest BCUT2D eigenvalue weighted by atomic mass is 9.72. The van der Waals surface area contributed by atoms with E-state index in [0.29, 0.717) is 37.9 Å². The molecule has 0 aromatic rings. The van der Waals surface area contributed by atoms with Crippen LogP contribution in [-0.4, -0.2) is 88.5 Å². The van der Waals surface area contributed by atoms with Crippen LogP contribution in [0, 0.1) is 23.7 Å². The molecule has 0 saturated heterocycles. The predicted octanol–water partition coefficient (Wildman–Crippen LogP) is 16.0. The smallest absolute Gasteiger partial charge is 0.306 e. The Bertz CT molecular complexity index is 978. The third-order valence-corrected chi connectivity index (χ3v) is 15.7. The molecule has 2 fully saturated rings. The minimum absolute atomic E-state index is 0.0230. The molecule has 0 N–H and O–H groups in total. The third kappa shape index (κ3) is 33.9. The highest BCUT2D eigenvalue weighted by Crippen LogP contribution is 2.40. The van der Waals surface area contributed by atoms with E-state index in [4.69, 9.17) is 9.47 Å². The molecule has 6 nitrogen and oxygen atoms in total. The van der Waals surface area contributed by atoms with Crippen LogP contribution in [0.1, 0.15) is 264 Å². The van der Waals surface area contributed by atoms with Crippen LogP contribution >= 0.6 is 0 Å². The van der Waals surface area contributed by atoms with Crippen molar-refractivity contribution in [2.75, 3.05) is 67.6 Å². The summed E-state index contributed by atoms with van der Waals surface area (Å²) in [4.78, 5) is 25.5. The maximum Gasteiger partial charge on any atom is 0.306 e. The molecule has 0 atom stereocenters. The molecule has 2 rings (SSSR count). The average molecular weight is 890 g/mol. The third-order valence-electron chi connectivity index (χ3n) is 15.7. The molecule has 63 heavy (non-hydrogen) atoms. The van der Waals surface area contributed by atoms with Crippen LogP contribution in [0.25, 0.3) is 0 Å². The molecule has 0 aromatic heterocycles. The summed E-state index contributed by atoms with van der Waals surface area (Å²) in [5.74, 6) is 2.67. The zero-order valence-electron chi connectivity index (χ0n) is 43.7. The topological polar surface area (TPSA) is 52.6 Å². The number of carbonyl (C=O) groups excluding carboxylic acids is 2. The maximum atomic E-state index is 12.8. The van der Waals surface area contributed by atoms with Crippen molar-refractivity contribution in [2.45, 2.75) is 264 Å². The number of quaternary nitrogens is 2. The van der Waals surface area contributed by atoms with Gasteiger partial charge in [0.05, 0.1) is 41.3 Å². The highest BCUT2D eigenvalue weighted by Gasteiger charge is 2.29. The van der Waals surface area contributed by atoms with E-state index in [1.165, 1.54) is 251 Å². The molecule has 0 aliphatic heterocycles. The van der Waals surface area contributed by atoms with Gasteiger partial charge in [-0.1, -0.05) is 194 Å². The van der Waals surface area contributed by atoms with Crippen molar-refractivity contribution in [1.82, 2.24) is 0 Å². The van der Waals surface area contributed by atoms with Gasteiger partial charge in [0.1, 0.15) is 26.3 Å². The van der Waals surface area contributed by atoms with Crippen molar-refractivity contribution in [3.63, 3.8) is 0 Å². The second-order valence-electron chi connectivity index (χ2n) is 22.8. The Balaban J connectivity index is 1.40. The first-order chi connectivity index (χ1) is 30.5. The zero-order valence-corrected chi connectivity index (χ0v) is 43.7. The summed E-state index contributed by atoms with van der Waals surface area (Å²) >= 11 is 0. The number of hydrogen-bond acceptors (Lipinski definition) is 4. The van der Waals surface area contributed by atoms with Crippen molar-refractivity contribution in [2.24, 2.45) is 23.7 Å². The lowest BCUT2D eigenvalue weighted by Crippen LogP contribution is -2.43. The quantitative estimate of drug-likeness (QED) is 0.0348. The van der Waals surface area contributed by atoms with E-state index < -0.39 is 0 Å². The Morgan fingerprint density at radius 1 is 0.349 bits per heavy atom. The molecular weight excluding hydrogens is 777 g/mol. The number of likely N-dealkylation sites (N-methyl/N-ethyl adjacent to an activating group) is 2. The van der Waals surface area contributed by atoms with Gasteiger partial charge in [0.15, 0.2) is 0 Å². The summed E-state index contributed by atoms with van der Waals surface area (Å²) in [6, 6.07) is 0. The molecule has 2 aliphatic carbocycles. The van der Waals surface area contributed by atoms with E-state index in [1.807, 2.05) is 0 Å². The van der Waals surface area contributed by atoms with Gasteiger partial charge in [-0.3, -0.25) is 9.59 Å². The van der Waals surface area contributed by atoms with E-state index >= 15 is 0 Å². The average Bonchev–Trinajstić information content (AvgIpc) is 3.25. The Hall–Kier alpha value is -1.14. The first-order valence-corrected chi connectivity index (χ1v) is 28.5. The van der Waals surface area contributed by atoms with E-state index in [0.717, 1.165) is 33.9 Å². The van der Waals surface area contributed by atoms with Gasteiger partial charge in [0.2, 0.25) is 0 Å². The van der Waals surface area contributed by atoms with Crippen molar-refractivity contribution < 1.29 is 28.0 Å². The van der Waals surface area contributed by atoms with Crippen molar-refractivity contribution in [1.29, 1.82) is 0 Å². The highest BCUT2D eigenvalue weighted by molar-refractivity contribution is 5.70. The van der Waals surface area contributed by atoms with Crippen LogP contribution in [-0.2, 0) is 19.1 Å². The minimum Gasteiger partial charge on any atom is -0.460 e. The van der Waals surface area contributed by atoms with Gasteiger partial charge < -0.3 is 18.4 Å².